The molecule has 2 aromatic rings. The van der Waals surface area contributed by atoms with E-state index < -0.39 is 47.9 Å². The van der Waals surface area contributed by atoms with Crippen molar-refractivity contribution < 1.29 is 24.3 Å². The van der Waals surface area contributed by atoms with Crippen LogP contribution in [-0.4, -0.2) is 70.0 Å². The third kappa shape index (κ3) is 8.00. The van der Waals surface area contributed by atoms with Crippen molar-refractivity contribution in [1.29, 1.82) is 0 Å². The number of carboxylic acid groups (broad SMARTS) is 1. The molecular formula is C24H35N5O5S. The SMILES string of the molecule is CSCCC(N)C(=O)NC(C(=O)NC(Cc1c[nH]c2ccccc12)C(=O)NC(C)C(=O)O)C(C)C. The van der Waals surface area contributed by atoms with E-state index in [4.69, 9.17) is 5.73 Å². The minimum Gasteiger partial charge on any atom is -0.480 e. The Bertz CT molecular complexity index is 1040. The molecule has 0 spiro atoms. The lowest BCUT2D eigenvalue weighted by atomic mass is 10.00. The molecule has 1 aromatic heterocycles. The van der Waals surface area contributed by atoms with E-state index in [2.05, 4.69) is 20.9 Å². The van der Waals surface area contributed by atoms with Crippen molar-refractivity contribution >= 4 is 46.4 Å². The highest BCUT2D eigenvalue weighted by Crippen LogP contribution is 2.19. The second kappa shape index (κ2) is 13.1. The van der Waals surface area contributed by atoms with Gasteiger partial charge in [0.15, 0.2) is 0 Å². The molecule has 2 rings (SSSR count). The standard InChI is InChI=1S/C24H35N5O5S/c1-13(2)20(29-21(30)17(25)9-10-35-4)23(32)28-19(22(31)27-14(3)24(33)34)11-15-12-26-18-8-6-5-7-16(15)18/h5-8,12-14,17,19-20,26H,9-11,25H2,1-4H3,(H,27,31)(H,28,32)(H,29,30)(H,33,34). The fourth-order valence-corrected chi connectivity index (χ4v) is 4.03. The van der Waals surface area contributed by atoms with E-state index in [1.807, 2.05) is 30.5 Å². The number of aliphatic carboxylic acids is 1. The van der Waals surface area contributed by atoms with Gasteiger partial charge in [-0.05, 0) is 42.9 Å². The summed E-state index contributed by atoms with van der Waals surface area (Å²) in [5, 5.41) is 17.9. The van der Waals surface area contributed by atoms with E-state index in [-0.39, 0.29) is 12.3 Å². The summed E-state index contributed by atoms with van der Waals surface area (Å²) in [6, 6.07) is 3.66. The minimum atomic E-state index is -1.19. The molecule has 7 N–H and O–H groups in total. The first kappa shape index (κ1) is 28.2. The maximum atomic E-state index is 13.2. The Balaban J connectivity index is 2.23. The predicted molar refractivity (Wildman–Crippen MR) is 137 cm³/mol. The third-order valence-corrected chi connectivity index (χ3v) is 6.32. The number of fused-ring (bicyclic) bond motifs is 1. The molecule has 0 saturated heterocycles. The second-order valence-corrected chi connectivity index (χ2v) is 9.80. The van der Waals surface area contributed by atoms with Crippen LogP contribution in [0.1, 0.15) is 32.8 Å². The normalized spacial score (nSPS) is 14.7. The van der Waals surface area contributed by atoms with E-state index >= 15 is 0 Å². The molecule has 0 radical (unpaired) electrons. The van der Waals surface area contributed by atoms with Crippen LogP contribution in [0.25, 0.3) is 10.9 Å². The van der Waals surface area contributed by atoms with Crippen molar-refractivity contribution in [2.75, 3.05) is 12.0 Å². The van der Waals surface area contributed by atoms with E-state index in [0.717, 1.165) is 16.5 Å². The van der Waals surface area contributed by atoms with Gasteiger partial charge in [-0.3, -0.25) is 19.2 Å². The molecule has 1 aromatic carbocycles. The lowest BCUT2D eigenvalue weighted by molar-refractivity contribution is -0.141. The second-order valence-electron chi connectivity index (χ2n) is 8.81. The fourth-order valence-electron chi connectivity index (χ4n) is 3.54. The van der Waals surface area contributed by atoms with Gasteiger partial charge in [0.1, 0.15) is 18.1 Å². The van der Waals surface area contributed by atoms with Gasteiger partial charge in [0.05, 0.1) is 6.04 Å². The number of carboxylic acids is 1. The molecular weight excluding hydrogens is 470 g/mol. The van der Waals surface area contributed by atoms with Gasteiger partial charge in [0.2, 0.25) is 17.7 Å². The van der Waals surface area contributed by atoms with Crippen LogP contribution in [0.2, 0.25) is 0 Å². The number of aromatic amines is 1. The van der Waals surface area contributed by atoms with Crippen LogP contribution < -0.4 is 21.7 Å². The molecule has 192 valence electrons. The summed E-state index contributed by atoms with van der Waals surface area (Å²) in [5.74, 6) is -2.38. The van der Waals surface area contributed by atoms with Crippen LogP contribution >= 0.6 is 11.8 Å². The molecule has 10 nitrogen and oxygen atoms in total. The number of aromatic nitrogens is 1. The van der Waals surface area contributed by atoms with Crippen molar-refractivity contribution in [2.24, 2.45) is 11.7 Å². The number of amides is 3. The van der Waals surface area contributed by atoms with Crippen LogP contribution in [0.4, 0.5) is 0 Å². The summed E-state index contributed by atoms with van der Waals surface area (Å²) >= 11 is 1.57. The highest BCUT2D eigenvalue weighted by Gasteiger charge is 2.31. The number of hydrogen-bond donors (Lipinski definition) is 6. The largest absolute Gasteiger partial charge is 0.480 e. The van der Waals surface area contributed by atoms with Crippen LogP contribution in [0.3, 0.4) is 0 Å². The molecule has 0 aliphatic carbocycles. The maximum absolute atomic E-state index is 13.2. The monoisotopic (exact) mass is 505 g/mol. The molecule has 4 unspecified atom stereocenters. The van der Waals surface area contributed by atoms with E-state index in [0.29, 0.717) is 12.2 Å². The van der Waals surface area contributed by atoms with Crippen molar-refractivity contribution in [2.45, 2.75) is 57.8 Å². The van der Waals surface area contributed by atoms with Crippen molar-refractivity contribution in [3.63, 3.8) is 0 Å². The summed E-state index contributed by atoms with van der Waals surface area (Å²) < 4.78 is 0. The Kier molecular flexibility index (Phi) is 10.6. The molecule has 0 bridgehead atoms. The van der Waals surface area contributed by atoms with Gasteiger partial charge in [-0.25, -0.2) is 0 Å². The van der Waals surface area contributed by atoms with Gasteiger partial charge >= 0.3 is 5.97 Å². The summed E-state index contributed by atoms with van der Waals surface area (Å²) in [6.07, 6.45) is 4.27. The highest BCUT2D eigenvalue weighted by atomic mass is 32.2. The van der Waals surface area contributed by atoms with Gasteiger partial charge in [-0.15, -0.1) is 0 Å². The number of hydrogen-bond acceptors (Lipinski definition) is 6. The topological polar surface area (TPSA) is 166 Å². The molecule has 0 aliphatic heterocycles. The number of para-hydroxylation sites is 1. The Morgan fingerprint density at radius 3 is 2.34 bits per heavy atom. The van der Waals surface area contributed by atoms with Gasteiger partial charge in [-0.1, -0.05) is 32.0 Å². The highest BCUT2D eigenvalue weighted by molar-refractivity contribution is 7.98. The number of rotatable bonds is 13. The molecule has 1 heterocycles. The Labute approximate surface area is 209 Å². The van der Waals surface area contributed by atoms with Crippen molar-refractivity contribution in [3.05, 3.63) is 36.0 Å². The van der Waals surface area contributed by atoms with Crippen LogP contribution in [0.5, 0.6) is 0 Å². The van der Waals surface area contributed by atoms with Gasteiger partial charge < -0.3 is 31.8 Å². The summed E-state index contributed by atoms with van der Waals surface area (Å²) in [6.45, 7) is 4.90. The van der Waals surface area contributed by atoms with Crippen molar-refractivity contribution in [1.82, 2.24) is 20.9 Å². The molecule has 0 fully saturated rings. The molecule has 0 saturated carbocycles. The smallest absolute Gasteiger partial charge is 0.325 e. The van der Waals surface area contributed by atoms with Gasteiger partial charge in [0.25, 0.3) is 0 Å². The zero-order valence-electron chi connectivity index (χ0n) is 20.5. The van der Waals surface area contributed by atoms with Gasteiger partial charge in [-0.2, -0.15) is 11.8 Å². The first-order chi connectivity index (χ1) is 16.5. The number of thioether (sulfide) groups is 1. The summed E-state index contributed by atoms with van der Waals surface area (Å²) in [4.78, 5) is 53.1. The zero-order valence-corrected chi connectivity index (χ0v) is 21.3. The Morgan fingerprint density at radius 1 is 1.03 bits per heavy atom. The zero-order chi connectivity index (χ0) is 26.1. The minimum absolute atomic E-state index is 0.125. The molecule has 11 heteroatoms. The van der Waals surface area contributed by atoms with Crippen LogP contribution in [-0.2, 0) is 25.6 Å². The lowest BCUT2D eigenvalue weighted by Gasteiger charge is -2.26. The number of carbonyl (C=O) groups excluding carboxylic acids is 3. The van der Waals surface area contributed by atoms with Crippen molar-refractivity contribution in [3.8, 4) is 0 Å². The molecule has 35 heavy (non-hydrogen) atoms. The summed E-state index contributed by atoms with van der Waals surface area (Å²) in [5.41, 5.74) is 7.61. The summed E-state index contributed by atoms with van der Waals surface area (Å²) in [7, 11) is 0. The Morgan fingerprint density at radius 2 is 1.71 bits per heavy atom. The number of H-pyrrole nitrogens is 1. The number of nitrogens with one attached hydrogen (secondary N) is 4. The fraction of sp³-hybridized carbons (Fsp3) is 0.500. The van der Waals surface area contributed by atoms with Crippen LogP contribution in [0, 0.1) is 5.92 Å². The molecule has 4 atom stereocenters. The average Bonchev–Trinajstić information content (AvgIpc) is 3.22. The molecule has 0 aliphatic rings. The predicted octanol–water partition coefficient (Wildman–Crippen LogP) is 1.01. The third-order valence-electron chi connectivity index (χ3n) is 5.68. The van der Waals surface area contributed by atoms with Gasteiger partial charge in [0, 0.05) is 23.5 Å². The van der Waals surface area contributed by atoms with E-state index in [1.165, 1.54) is 6.92 Å². The number of nitrogens with two attached hydrogens (primary N) is 1. The van der Waals surface area contributed by atoms with E-state index in [1.54, 1.807) is 31.8 Å². The maximum Gasteiger partial charge on any atom is 0.325 e. The Hall–Kier alpha value is -3.05. The number of carbonyl (C=O) groups is 4. The van der Waals surface area contributed by atoms with E-state index in [9.17, 15) is 24.3 Å². The number of benzene rings is 1. The quantitative estimate of drug-likeness (QED) is 0.236. The average molecular weight is 506 g/mol. The lowest BCUT2D eigenvalue weighted by Crippen LogP contribution is -2.58. The molecule has 3 amide bonds. The van der Waals surface area contributed by atoms with Crippen LogP contribution in [0.15, 0.2) is 30.5 Å². The first-order valence-corrected chi connectivity index (χ1v) is 12.9. The first-order valence-electron chi connectivity index (χ1n) is 11.5.